The van der Waals surface area contributed by atoms with Crippen molar-refractivity contribution in [3.63, 3.8) is 0 Å². The molecule has 0 saturated carbocycles. The molecule has 0 aliphatic heterocycles. The molecular weight excluding hydrogens is 238 g/mol. The van der Waals surface area contributed by atoms with Crippen molar-refractivity contribution < 1.29 is 14.3 Å². The number of ether oxygens (including phenoxy) is 2. The van der Waals surface area contributed by atoms with E-state index in [1.54, 1.807) is 19.1 Å². The second kappa shape index (κ2) is 8.78. The van der Waals surface area contributed by atoms with Crippen molar-refractivity contribution in [2.24, 2.45) is 5.92 Å². The molecule has 5 heteroatoms. The highest BCUT2D eigenvalue weighted by Crippen LogP contribution is 2.14. The van der Waals surface area contributed by atoms with Crippen LogP contribution in [0.1, 0.15) is 20.8 Å². The van der Waals surface area contributed by atoms with Gasteiger partial charge in [0.1, 0.15) is 0 Å². The first-order valence-corrected chi connectivity index (χ1v) is 6.43. The quantitative estimate of drug-likeness (QED) is 0.674. The smallest absolute Gasteiger partial charge is 0.236 e. The Bertz CT molecular complexity index is 224. The number of carbonyl (C=O) groups is 1. The number of hydrogen-bond acceptors (Lipinski definition) is 4. The van der Waals surface area contributed by atoms with E-state index in [-0.39, 0.29) is 23.1 Å². The first-order chi connectivity index (χ1) is 7.95. The van der Waals surface area contributed by atoms with Crippen molar-refractivity contribution in [1.82, 2.24) is 4.90 Å². The third kappa shape index (κ3) is 5.75. The van der Waals surface area contributed by atoms with Crippen molar-refractivity contribution in [2.45, 2.75) is 32.1 Å². The van der Waals surface area contributed by atoms with Gasteiger partial charge in [-0.2, -0.15) is 12.6 Å². The van der Waals surface area contributed by atoms with E-state index in [2.05, 4.69) is 12.6 Å². The highest BCUT2D eigenvalue weighted by Gasteiger charge is 2.27. The first-order valence-electron chi connectivity index (χ1n) is 5.92. The van der Waals surface area contributed by atoms with E-state index in [9.17, 15) is 4.79 Å². The van der Waals surface area contributed by atoms with Gasteiger partial charge in [-0.1, -0.05) is 13.8 Å². The monoisotopic (exact) mass is 263 g/mol. The predicted molar refractivity (Wildman–Crippen MR) is 72.5 cm³/mol. The number of thiol groups is 1. The standard InChI is InChI=1S/C12H25NO3S/c1-9(2)11(17)12(14)13(6-7-15-4)10(3)8-16-5/h9-11,17H,6-8H2,1-5H3. The number of rotatable bonds is 8. The van der Waals surface area contributed by atoms with Gasteiger partial charge in [-0.15, -0.1) is 0 Å². The summed E-state index contributed by atoms with van der Waals surface area (Å²) in [7, 11) is 3.26. The Morgan fingerprint density at radius 1 is 1.24 bits per heavy atom. The van der Waals surface area contributed by atoms with Gasteiger partial charge < -0.3 is 14.4 Å². The van der Waals surface area contributed by atoms with Gasteiger partial charge in [0.05, 0.1) is 24.5 Å². The average molecular weight is 263 g/mol. The van der Waals surface area contributed by atoms with Crippen molar-refractivity contribution in [2.75, 3.05) is 34.0 Å². The van der Waals surface area contributed by atoms with Crippen LogP contribution in [0, 0.1) is 5.92 Å². The molecule has 0 aliphatic rings. The van der Waals surface area contributed by atoms with Crippen LogP contribution in [0.3, 0.4) is 0 Å². The zero-order valence-corrected chi connectivity index (χ0v) is 12.4. The molecule has 0 aliphatic carbocycles. The molecule has 0 spiro atoms. The number of carbonyl (C=O) groups excluding carboxylic acids is 1. The minimum absolute atomic E-state index is 0.0380. The van der Waals surface area contributed by atoms with Gasteiger partial charge >= 0.3 is 0 Å². The van der Waals surface area contributed by atoms with E-state index in [1.165, 1.54) is 0 Å². The van der Waals surface area contributed by atoms with Gasteiger partial charge in [0, 0.05) is 20.8 Å². The Balaban J connectivity index is 4.59. The lowest BCUT2D eigenvalue weighted by atomic mass is 10.1. The Kier molecular flexibility index (Phi) is 8.64. The van der Waals surface area contributed by atoms with Crippen LogP contribution in [-0.2, 0) is 14.3 Å². The molecule has 0 aromatic carbocycles. The van der Waals surface area contributed by atoms with Gasteiger partial charge in [-0.05, 0) is 12.8 Å². The van der Waals surface area contributed by atoms with Gasteiger partial charge in [-0.25, -0.2) is 0 Å². The highest BCUT2D eigenvalue weighted by molar-refractivity contribution is 7.81. The number of nitrogens with zero attached hydrogens (tertiary/aromatic N) is 1. The van der Waals surface area contributed by atoms with Crippen molar-refractivity contribution in [3.8, 4) is 0 Å². The summed E-state index contributed by atoms with van der Waals surface area (Å²) in [6.07, 6.45) is 0. The molecule has 0 saturated heterocycles. The van der Waals surface area contributed by atoms with Crippen molar-refractivity contribution in [1.29, 1.82) is 0 Å². The van der Waals surface area contributed by atoms with Crippen LogP contribution in [0.15, 0.2) is 0 Å². The Labute approximate surface area is 110 Å². The lowest BCUT2D eigenvalue weighted by Gasteiger charge is -2.31. The fourth-order valence-corrected chi connectivity index (χ4v) is 1.67. The zero-order chi connectivity index (χ0) is 13.4. The summed E-state index contributed by atoms with van der Waals surface area (Å²) in [6, 6.07) is 0.0380. The van der Waals surface area contributed by atoms with E-state index in [0.717, 1.165) is 0 Å². The molecule has 2 atom stereocenters. The molecule has 0 aromatic rings. The minimum Gasteiger partial charge on any atom is -0.383 e. The fraction of sp³-hybridized carbons (Fsp3) is 0.917. The second-order valence-corrected chi connectivity index (χ2v) is 5.07. The van der Waals surface area contributed by atoms with E-state index < -0.39 is 0 Å². The topological polar surface area (TPSA) is 38.8 Å². The third-order valence-electron chi connectivity index (χ3n) is 2.64. The van der Waals surface area contributed by atoms with E-state index in [1.807, 2.05) is 20.8 Å². The van der Waals surface area contributed by atoms with E-state index >= 15 is 0 Å². The number of amides is 1. The predicted octanol–water partition coefficient (Wildman–Crippen LogP) is 1.45. The maximum absolute atomic E-state index is 12.2. The van der Waals surface area contributed by atoms with Crippen molar-refractivity contribution >= 4 is 18.5 Å². The zero-order valence-electron chi connectivity index (χ0n) is 11.5. The highest BCUT2D eigenvalue weighted by atomic mass is 32.1. The summed E-state index contributed by atoms with van der Waals surface area (Å²) >= 11 is 4.37. The summed E-state index contributed by atoms with van der Waals surface area (Å²) in [5, 5.41) is -0.272. The van der Waals surface area contributed by atoms with Crippen LogP contribution in [0.5, 0.6) is 0 Å². The van der Waals surface area contributed by atoms with E-state index in [0.29, 0.717) is 19.8 Å². The van der Waals surface area contributed by atoms with Crippen LogP contribution >= 0.6 is 12.6 Å². The molecule has 0 radical (unpaired) electrons. The van der Waals surface area contributed by atoms with Crippen LogP contribution in [0.25, 0.3) is 0 Å². The first kappa shape index (κ1) is 16.7. The molecule has 0 N–H and O–H groups in total. The summed E-state index contributed by atoms with van der Waals surface area (Å²) in [4.78, 5) is 14.0. The molecule has 0 rings (SSSR count). The molecule has 0 fully saturated rings. The lowest BCUT2D eigenvalue weighted by molar-refractivity contribution is -0.135. The van der Waals surface area contributed by atoms with Crippen LogP contribution in [-0.4, -0.2) is 56.1 Å². The molecule has 0 heterocycles. The Morgan fingerprint density at radius 3 is 2.24 bits per heavy atom. The maximum Gasteiger partial charge on any atom is 0.236 e. The third-order valence-corrected chi connectivity index (χ3v) is 3.46. The maximum atomic E-state index is 12.2. The van der Waals surface area contributed by atoms with Crippen LogP contribution in [0.2, 0.25) is 0 Å². The molecule has 2 unspecified atom stereocenters. The lowest BCUT2D eigenvalue weighted by Crippen LogP contribution is -2.47. The molecular formula is C12H25NO3S. The molecule has 0 bridgehead atoms. The summed E-state index contributed by atoms with van der Waals surface area (Å²) in [6.45, 7) is 7.57. The molecule has 102 valence electrons. The van der Waals surface area contributed by atoms with Gasteiger partial charge in [0.15, 0.2) is 0 Å². The van der Waals surface area contributed by atoms with Crippen LogP contribution < -0.4 is 0 Å². The average Bonchev–Trinajstić information content (AvgIpc) is 2.28. The van der Waals surface area contributed by atoms with Crippen molar-refractivity contribution in [3.05, 3.63) is 0 Å². The summed E-state index contributed by atoms with van der Waals surface area (Å²) in [5.74, 6) is 0.260. The fourth-order valence-electron chi connectivity index (χ4n) is 1.52. The van der Waals surface area contributed by atoms with Gasteiger partial charge in [0.2, 0.25) is 5.91 Å². The molecule has 1 amide bonds. The molecule has 0 aromatic heterocycles. The largest absolute Gasteiger partial charge is 0.383 e. The Hall–Kier alpha value is -0.260. The van der Waals surface area contributed by atoms with Crippen LogP contribution in [0.4, 0.5) is 0 Å². The molecule has 4 nitrogen and oxygen atoms in total. The van der Waals surface area contributed by atoms with E-state index in [4.69, 9.17) is 9.47 Å². The summed E-state index contributed by atoms with van der Waals surface area (Å²) in [5.41, 5.74) is 0. The minimum atomic E-state index is -0.272. The number of hydrogen-bond donors (Lipinski definition) is 1. The molecule has 17 heavy (non-hydrogen) atoms. The SMILES string of the molecule is COCCN(C(=O)C(S)C(C)C)C(C)COC. The van der Waals surface area contributed by atoms with Gasteiger partial charge in [0.25, 0.3) is 0 Å². The summed E-state index contributed by atoms with van der Waals surface area (Å²) < 4.78 is 10.1. The van der Waals surface area contributed by atoms with Gasteiger partial charge in [-0.3, -0.25) is 4.79 Å². The Morgan fingerprint density at radius 2 is 1.82 bits per heavy atom. The second-order valence-electron chi connectivity index (χ2n) is 4.52. The normalized spacial score (nSPS) is 14.8. The number of methoxy groups -OCH3 is 2.